The molecule has 0 radical (unpaired) electrons. The monoisotopic (exact) mass is 1360 g/mol. The maximum absolute atomic E-state index is 5.93. The molecule has 17 aromatic carbocycles. The Morgan fingerprint density at radius 2 is 0.411 bits per heavy atom. The molecule has 1 aromatic heterocycles. The number of fused-ring (bicyclic) bond motifs is 8. The minimum absolute atomic E-state index is 0.253. The van der Waals surface area contributed by atoms with Gasteiger partial charge in [-0.2, -0.15) is 0 Å². The second kappa shape index (κ2) is 26.6. The predicted molar refractivity (Wildman–Crippen MR) is 449 cm³/mol. The first-order valence-electron chi connectivity index (χ1n) is 36.6. The van der Waals surface area contributed by atoms with Crippen molar-refractivity contribution in [2.75, 3.05) is 9.80 Å². The van der Waals surface area contributed by atoms with Crippen molar-refractivity contribution in [2.24, 2.45) is 0 Å². The largest absolute Gasteiger partial charge is 0.311 e. The summed E-state index contributed by atoms with van der Waals surface area (Å²) in [5.74, 6) is 1.61. The fourth-order valence-electron chi connectivity index (χ4n) is 16.3. The zero-order chi connectivity index (χ0) is 70.7. The molecule has 0 bridgehead atoms. The topological polar surface area (TPSA) is 45.2 Å². The standard InChI is InChI=1S/C101H66BN5/c1-9-29-67(30-10-1)77-53-78(68-31-11-2-12-32-68)58-85(57-77)99-103-100(86-59-79(69-33-13-3-14-34-69)54-80(60-86)70-35-15-4-16-36-70)105-101(104-99)87-65-94-96-95(66-87)107(89-63-83(73-41-21-7-22-42-73)56-84(64-89)74-43-23-8-24-44-74)98-91-48-28-26-46-76(91)50-52-93(98)102(96)92-51-49-75-45-25-27-47-90(75)97(92)106(94)88-61-81(71-37-17-5-18-38-71)55-82(62-88)72-39-19-6-20-40-72/h1-66H. The molecule has 0 fully saturated rings. The molecule has 20 rings (SSSR count). The highest BCUT2D eigenvalue weighted by atomic mass is 15.2. The van der Waals surface area contributed by atoms with Gasteiger partial charge in [0.05, 0.1) is 0 Å². The molecule has 0 atom stereocenters. The molecule has 3 heterocycles. The minimum atomic E-state index is -0.253. The second-order valence-electron chi connectivity index (χ2n) is 27.9. The molecule has 0 saturated heterocycles. The summed E-state index contributed by atoms with van der Waals surface area (Å²) in [4.78, 5) is 22.8. The summed E-state index contributed by atoms with van der Waals surface area (Å²) < 4.78 is 0. The van der Waals surface area contributed by atoms with E-state index in [0.717, 1.165) is 167 Å². The lowest BCUT2D eigenvalue weighted by molar-refractivity contribution is 1.07. The Bertz CT molecular complexity index is 5800. The lowest BCUT2D eigenvalue weighted by atomic mass is 9.33. The van der Waals surface area contributed by atoms with Crippen molar-refractivity contribution in [1.29, 1.82) is 0 Å². The summed E-state index contributed by atoms with van der Waals surface area (Å²) >= 11 is 0. The molecule has 0 N–H and O–H groups in total. The minimum Gasteiger partial charge on any atom is -0.311 e. The normalized spacial score (nSPS) is 12.1. The van der Waals surface area contributed by atoms with Crippen LogP contribution in [0, 0.1) is 0 Å². The Kier molecular flexibility index (Phi) is 15.6. The number of benzene rings is 17. The number of hydrogen-bond acceptors (Lipinski definition) is 5. The number of rotatable bonds is 13. The SMILES string of the molecule is c1ccc(-c2cc(-c3ccccc3)cc(-c3nc(-c4cc(-c5ccccc5)cc(-c5ccccc5)c4)nc(-c4cc5c6c(c4)N(c4cc(-c7ccccc7)cc(-c7ccccc7)c4)c4c(ccc7ccccc47)B6c4ccc6ccccc6c4N5c4cc(-c5ccccc5)cc(-c5ccccc5)c4)n3)c2)cc1. The fraction of sp³-hybridized carbons (Fsp3) is 0. The smallest absolute Gasteiger partial charge is 0.252 e. The summed E-state index contributed by atoms with van der Waals surface area (Å²) in [5.41, 5.74) is 29.9. The van der Waals surface area contributed by atoms with Crippen LogP contribution in [0.25, 0.3) is 145 Å². The Balaban J connectivity index is 0.940. The molecule has 498 valence electrons. The molecule has 0 amide bonds. The maximum Gasteiger partial charge on any atom is 0.252 e. The van der Waals surface area contributed by atoms with Crippen LogP contribution in [0.3, 0.4) is 0 Å². The molecule has 0 spiro atoms. The number of hydrogen-bond donors (Lipinski definition) is 0. The molecule has 0 unspecified atom stereocenters. The molecule has 107 heavy (non-hydrogen) atoms. The van der Waals surface area contributed by atoms with Gasteiger partial charge in [0.2, 0.25) is 0 Å². The van der Waals surface area contributed by atoms with E-state index in [1.54, 1.807) is 0 Å². The van der Waals surface area contributed by atoms with Gasteiger partial charge in [0.1, 0.15) is 0 Å². The zero-order valence-electron chi connectivity index (χ0n) is 58.4. The molecule has 2 aliphatic heterocycles. The van der Waals surface area contributed by atoms with Crippen molar-refractivity contribution in [1.82, 2.24) is 15.0 Å². The van der Waals surface area contributed by atoms with E-state index in [1.807, 2.05) is 0 Å². The summed E-state index contributed by atoms with van der Waals surface area (Å²) in [6, 6.07) is 146. The summed E-state index contributed by atoms with van der Waals surface area (Å²) in [7, 11) is 0. The van der Waals surface area contributed by atoms with E-state index in [9.17, 15) is 0 Å². The first kappa shape index (κ1) is 62.7. The molecule has 0 aliphatic carbocycles. The maximum atomic E-state index is 5.93. The molecule has 18 aromatic rings. The third-order valence-electron chi connectivity index (χ3n) is 21.3. The van der Waals surface area contributed by atoms with Crippen molar-refractivity contribution >= 4 is 78.8 Å². The average molecular weight is 1360 g/mol. The van der Waals surface area contributed by atoms with Crippen molar-refractivity contribution < 1.29 is 0 Å². The van der Waals surface area contributed by atoms with Crippen LogP contribution in [0.2, 0.25) is 0 Å². The van der Waals surface area contributed by atoms with Gasteiger partial charge in [0.25, 0.3) is 6.71 Å². The van der Waals surface area contributed by atoms with Crippen LogP contribution in [0.15, 0.2) is 400 Å². The van der Waals surface area contributed by atoms with E-state index >= 15 is 0 Å². The highest BCUT2D eigenvalue weighted by molar-refractivity contribution is 7.00. The lowest BCUT2D eigenvalue weighted by Gasteiger charge is -2.45. The molecule has 0 saturated carbocycles. The van der Waals surface area contributed by atoms with Crippen LogP contribution >= 0.6 is 0 Å². The van der Waals surface area contributed by atoms with E-state index in [4.69, 9.17) is 15.0 Å². The van der Waals surface area contributed by atoms with Crippen molar-refractivity contribution in [3.8, 4) is 123 Å². The molecular formula is C101H66BN5. The second-order valence-corrected chi connectivity index (χ2v) is 27.9. The predicted octanol–water partition coefficient (Wildman–Crippen LogP) is 24.6. The highest BCUT2D eigenvalue weighted by Gasteiger charge is 2.45. The van der Waals surface area contributed by atoms with Crippen LogP contribution in [-0.2, 0) is 0 Å². The molecule has 2 aliphatic rings. The molecule has 6 heteroatoms. The summed E-state index contributed by atoms with van der Waals surface area (Å²) in [6.07, 6.45) is 0. The summed E-state index contributed by atoms with van der Waals surface area (Å²) in [6.45, 7) is -0.253. The van der Waals surface area contributed by atoms with Crippen LogP contribution in [0.1, 0.15) is 0 Å². The Hall–Kier alpha value is -14.1. The van der Waals surface area contributed by atoms with Gasteiger partial charge < -0.3 is 9.80 Å². The number of anilines is 6. The van der Waals surface area contributed by atoms with Gasteiger partial charge in [0.15, 0.2) is 17.5 Å². The molecule has 5 nitrogen and oxygen atoms in total. The Morgan fingerprint density at radius 1 is 0.187 bits per heavy atom. The van der Waals surface area contributed by atoms with E-state index in [2.05, 4.69) is 410 Å². The van der Waals surface area contributed by atoms with Gasteiger partial charge >= 0.3 is 0 Å². The number of aromatic nitrogens is 3. The van der Waals surface area contributed by atoms with Crippen molar-refractivity contribution in [3.63, 3.8) is 0 Å². The Morgan fingerprint density at radius 3 is 0.682 bits per heavy atom. The number of nitrogens with zero attached hydrogens (tertiary/aromatic N) is 5. The van der Waals surface area contributed by atoms with Crippen LogP contribution < -0.4 is 26.2 Å². The summed E-state index contributed by atoms with van der Waals surface area (Å²) in [5, 5.41) is 4.58. The van der Waals surface area contributed by atoms with E-state index in [1.165, 1.54) is 10.9 Å². The fourth-order valence-corrected chi connectivity index (χ4v) is 16.3. The van der Waals surface area contributed by atoms with Crippen LogP contribution in [-0.4, -0.2) is 21.7 Å². The third-order valence-corrected chi connectivity index (χ3v) is 21.3. The van der Waals surface area contributed by atoms with Crippen molar-refractivity contribution in [2.45, 2.75) is 0 Å². The highest BCUT2D eigenvalue weighted by Crippen LogP contribution is 2.52. The van der Waals surface area contributed by atoms with Crippen LogP contribution in [0.5, 0.6) is 0 Å². The van der Waals surface area contributed by atoms with Gasteiger partial charge in [-0.05, 0) is 201 Å². The van der Waals surface area contributed by atoms with E-state index in [0.29, 0.717) is 17.5 Å². The van der Waals surface area contributed by atoms with E-state index in [-0.39, 0.29) is 6.71 Å². The van der Waals surface area contributed by atoms with Gasteiger partial charge in [0, 0.05) is 61.6 Å². The van der Waals surface area contributed by atoms with Gasteiger partial charge in [-0.15, -0.1) is 0 Å². The average Bonchev–Trinajstić information content (AvgIpc) is 0.685. The van der Waals surface area contributed by atoms with E-state index < -0.39 is 0 Å². The first-order chi connectivity index (χ1) is 53.0. The van der Waals surface area contributed by atoms with Crippen molar-refractivity contribution in [3.05, 3.63) is 400 Å². The van der Waals surface area contributed by atoms with Gasteiger partial charge in [-0.1, -0.05) is 315 Å². The first-order valence-corrected chi connectivity index (χ1v) is 36.6. The third kappa shape index (κ3) is 11.5. The Labute approximate surface area is 623 Å². The van der Waals surface area contributed by atoms with Gasteiger partial charge in [-0.3, -0.25) is 0 Å². The zero-order valence-corrected chi connectivity index (χ0v) is 58.4. The van der Waals surface area contributed by atoms with Crippen LogP contribution in [0.4, 0.5) is 34.1 Å². The molecular weight excluding hydrogens is 1290 g/mol. The lowest BCUT2D eigenvalue weighted by Crippen LogP contribution is -2.61. The van der Waals surface area contributed by atoms with Gasteiger partial charge in [-0.25, -0.2) is 15.0 Å². The quantitative estimate of drug-likeness (QED) is 0.108.